The minimum absolute atomic E-state index is 0.0923. The van der Waals surface area contributed by atoms with Crippen LogP contribution in [-0.2, 0) is 11.8 Å². The van der Waals surface area contributed by atoms with Crippen molar-refractivity contribution < 1.29 is 9.53 Å². The van der Waals surface area contributed by atoms with Crippen LogP contribution in [0.15, 0.2) is 34.2 Å². The summed E-state index contributed by atoms with van der Waals surface area (Å²) in [5.41, 5.74) is 1.21. The van der Waals surface area contributed by atoms with Crippen molar-refractivity contribution in [2.75, 3.05) is 17.7 Å². The Morgan fingerprint density at radius 3 is 2.64 bits per heavy atom. The molecule has 0 aliphatic carbocycles. The molecule has 150 valence electrons. The van der Waals surface area contributed by atoms with Crippen LogP contribution in [0.25, 0.3) is 0 Å². The number of aromatic nitrogens is 2. The highest BCUT2D eigenvalue weighted by atomic mass is 32.2. The molecule has 1 aromatic carbocycles. The van der Waals surface area contributed by atoms with E-state index in [-0.39, 0.29) is 23.8 Å². The molecular formula is C21H27N3O3S. The third-order valence-electron chi connectivity index (χ3n) is 4.60. The number of nitrogens with zero attached hydrogens (tertiary/aromatic N) is 2. The number of amides is 1. The second kappa shape index (κ2) is 8.82. The number of hydrogen-bond donors (Lipinski definition) is 1. The van der Waals surface area contributed by atoms with Crippen LogP contribution >= 0.6 is 11.8 Å². The normalized spacial score (nSPS) is 16.0. The summed E-state index contributed by atoms with van der Waals surface area (Å²) in [6, 6.07) is 7.66. The number of benzene rings is 1. The first-order valence-electron chi connectivity index (χ1n) is 9.67. The van der Waals surface area contributed by atoms with Gasteiger partial charge in [0.2, 0.25) is 5.91 Å². The van der Waals surface area contributed by atoms with Gasteiger partial charge < -0.3 is 14.6 Å². The fourth-order valence-electron chi connectivity index (χ4n) is 3.20. The van der Waals surface area contributed by atoms with Crippen molar-refractivity contribution in [2.45, 2.75) is 44.7 Å². The lowest BCUT2D eigenvalue weighted by Gasteiger charge is -2.27. The minimum atomic E-state index is -0.306. The van der Waals surface area contributed by atoms with Crippen molar-refractivity contribution >= 4 is 23.5 Å². The van der Waals surface area contributed by atoms with Gasteiger partial charge in [-0.05, 0) is 30.0 Å². The zero-order valence-corrected chi connectivity index (χ0v) is 17.6. The molecule has 0 radical (unpaired) electrons. The van der Waals surface area contributed by atoms with Gasteiger partial charge in [0.1, 0.15) is 11.6 Å². The third kappa shape index (κ3) is 4.41. The molecule has 2 aromatic rings. The fraction of sp³-hybridized carbons (Fsp3) is 0.476. The second-order valence-electron chi connectivity index (χ2n) is 7.45. The van der Waals surface area contributed by atoms with Crippen LogP contribution in [0, 0.1) is 5.92 Å². The predicted octanol–water partition coefficient (Wildman–Crippen LogP) is 3.79. The first kappa shape index (κ1) is 20.5. The lowest BCUT2D eigenvalue weighted by atomic mass is 9.87. The number of anilines is 1. The van der Waals surface area contributed by atoms with Crippen LogP contribution in [0.4, 0.5) is 5.82 Å². The lowest BCUT2D eigenvalue weighted by Crippen LogP contribution is -2.33. The minimum Gasteiger partial charge on any atom is -0.493 e. The molecule has 28 heavy (non-hydrogen) atoms. The number of carbonyl (C=O) groups is 1. The average Bonchev–Trinajstić information content (AvgIpc) is 2.67. The van der Waals surface area contributed by atoms with Gasteiger partial charge in [-0.3, -0.25) is 9.59 Å². The summed E-state index contributed by atoms with van der Waals surface area (Å²) in [5.74, 6) is 2.26. The van der Waals surface area contributed by atoms with Crippen molar-refractivity contribution in [3.8, 4) is 5.75 Å². The number of hydrogen-bond acceptors (Lipinski definition) is 5. The number of thioether (sulfide) groups is 1. The van der Waals surface area contributed by atoms with E-state index in [1.54, 1.807) is 0 Å². The Morgan fingerprint density at radius 1 is 1.29 bits per heavy atom. The highest BCUT2D eigenvalue weighted by molar-refractivity contribution is 7.99. The molecule has 0 bridgehead atoms. The molecule has 0 saturated heterocycles. The first-order valence-corrected chi connectivity index (χ1v) is 10.7. The van der Waals surface area contributed by atoms with Crippen LogP contribution in [0.2, 0.25) is 0 Å². The third-order valence-corrected chi connectivity index (χ3v) is 5.84. The summed E-state index contributed by atoms with van der Waals surface area (Å²) in [6.07, 6.45) is 1.22. The number of ether oxygens (including phenoxy) is 1. The van der Waals surface area contributed by atoms with Crippen LogP contribution in [0.1, 0.15) is 50.7 Å². The van der Waals surface area contributed by atoms with E-state index < -0.39 is 0 Å². The van der Waals surface area contributed by atoms with E-state index in [9.17, 15) is 9.59 Å². The highest BCUT2D eigenvalue weighted by Gasteiger charge is 2.32. The maximum Gasteiger partial charge on any atom is 0.279 e. The van der Waals surface area contributed by atoms with Gasteiger partial charge in [-0.1, -0.05) is 44.7 Å². The van der Waals surface area contributed by atoms with Gasteiger partial charge >= 0.3 is 0 Å². The van der Waals surface area contributed by atoms with Crippen molar-refractivity contribution in [1.82, 2.24) is 9.55 Å². The molecule has 1 aromatic heterocycles. The predicted molar refractivity (Wildman–Crippen MR) is 112 cm³/mol. The Morgan fingerprint density at radius 2 is 2.00 bits per heavy atom. The SMILES string of the molecule is CCCSc1nc(=O)c2c(n1C)NC(=O)CC2c1ccc(OCC(C)C)cc1. The van der Waals surface area contributed by atoms with E-state index in [4.69, 9.17) is 4.74 Å². The van der Waals surface area contributed by atoms with Gasteiger partial charge in [-0.15, -0.1) is 0 Å². The van der Waals surface area contributed by atoms with Crippen molar-refractivity contribution in [3.63, 3.8) is 0 Å². The summed E-state index contributed by atoms with van der Waals surface area (Å²) < 4.78 is 7.56. The smallest absolute Gasteiger partial charge is 0.279 e. The molecule has 3 rings (SSSR count). The van der Waals surface area contributed by atoms with Gasteiger partial charge in [0, 0.05) is 25.1 Å². The lowest BCUT2D eigenvalue weighted by molar-refractivity contribution is -0.116. The standard InChI is InChI=1S/C21H27N3O3S/c1-5-10-28-21-23-20(26)18-16(11-17(25)22-19(18)24(21)4)14-6-8-15(9-7-14)27-12-13(2)3/h6-9,13,16H,5,10-12H2,1-4H3,(H,22,25). The number of fused-ring (bicyclic) bond motifs is 1. The van der Waals surface area contributed by atoms with Crippen molar-refractivity contribution in [3.05, 3.63) is 45.7 Å². The van der Waals surface area contributed by atoms with Gasteiger partial charge in [0.05, 0.1) is 12.2 Å². The van der Waals surface area contributed by atoms with Crippen LogP contribution in [0.3, 0.4) is 0 Å². The second-order valence-corrected chi connectivity index (χ2v) is 8.51. The highest BCUT2D eigenvalue weighted by Crippen LogP contribution is 2.36. The average molecular weight is 402 g/mol. The van der Waals surface area contributed by atoms with E-state index in [0.29, 0.717) is 29.1 Å². The van der Waals surface area contributed by atoms with Crippen LogP contribution in [-0.4, -0.2) is 27.8 Å². The molecule has 0 spiro atoms. The van der Waals surface area contributed by atoms with E-state index >= 15 is 0 Å². The summed E-state index contributed by atoms with van der Waals surface area (Å²) >= 11 is 1.53. The first-order chi connectivity index (χ1) is 13.4. The molecule has 2 heterocycles. The van der Waals surface area contributed by atoms with Gasteiger partial charge in [0.15, 0.2) is 5.16 Å². The zero-order chi connectivity index (χ0) is 20.3. The topological polar surface area (TPSA) is 73.2 Å². The monoisotopic (exact) mass is 401 g/mol. The number of nitrogens with one attached hydrogen (secondary N) is 1. The molecule has 1 amide bonds. The van der Waals surface area contributed by atoms with E-state index in [1.807, 2.05) is 35.9 Å². The van der Waals surface area contributed by atoms with E-state index in [0.717, 1.165) is 23.5 Å². The summed E-state index contributed by atoms with van der Waals surface area (Å²) in [6.45, 7) is 6.93. The Hall–Kier alpha value is -2.28. The molecule has 1 aliphatic heterocycles. The molecule has 6 nitrogen and oxygen atoms in total. The molecule has 1 aliphatic rings. The van der Waals surface area contributed by atoms with E-state index in [2.05, 4.69) is 31.1 Å². The maximum atomic E-state index is 12.8. The largest absolute Gasteiger partial charge is 0.493 e. The Labute approximate surface area is 169 Å². The van der Waals surface area contributed by atoms with Gasteiger partial charge in [-0.25, -0.2) is 0 Å². The zero-order valence-electron chi connectivity index (χ0n) is 16.8. The summed E-state index contributed by atoms with van der Waals surface area (Å²) in [7, 11) is 1.84. The molecule has 1 unspecified atom stereocenters. The van der Waals surface area contributed by atoms with Crippen molar-refractivity contribution in [1.29, 1.82) is 0 Å². The van der Waals surface area contributed by atoms with Crippen LogP contribution < -0.4 is 15.6 Å². The van der Waals surface area contributed by atoms with E-state index in [1.165, 1.54) is 11.8 Å². The molecular weight excluding hydrogens is 374 g/mol. The molecule has 1 N–H and O–H groups in total. The van der Waals surface area contributed by atoms with Gasteiger partial charge in [0.25, 0.3) is 5.56 Å². The molecule has 1 atom stereocenters. The molecule has 0 fully saturated rings. The summed E-state index contributed by atoms with van der Waals surface area (Å²) in [5, 5.41) is 3.50. The maximum absolute atomic E-state index is 12.8. The number of rotatable bonds is 7. The summed E-state index contributed by atoms with van der Waals surface area (Å²) in [4.78, 5) is 29.5. The molecule has 7 heteroatoms. The Balaban J connectivity index is 1.96. The van der Waals surface area contributed by atoms with Gasteiger partial charge in [-0.2, -0.15) is 4.98 Å². The Bertz CT molecular complexity index is 906. The fourth-order valence-corrected chi connectivity index (χ4v) is 4.02. The molecule has 0 saturated carbocycles. The number of carbonyl (C=O) groups excluding carboxylic acids is 1. The van der Waals surface area contributed by atoms with Crippen molar-refractivity contribution in [2.24, 2.45) is 13.0 Å². The van der Waals surface area contributed by atoms with Crippen LogP contribution in [0.5, 0.6) is 5.75 Å². The quantitative estimate of drug-likeness (QED) is 0.564. The Kier molecular flexibility index (Phi) is 6.44.